The van der Waals surface area contributed by atoms with E-state index in [1.807, 2.05) is 25.1 Å². The van der Waals surface area contributed by atoms with Crippen LogP contribution in [0.1, 0.15) is 31.7 Å². The molecule has 1 fully saturated rings. The van der Waals surface area contributed by atoms with Gasteiger partial charge in [0.25, 0.3) is 0 Å². The Balaban J connectivity index is 1.67. The Morgan fingerprint density at radius 2 is 2.06 bits per heavy atom. The van der Waals surface area contributed by atoms with Gasteiger partial charge in [0.15, 0.2) is 6.29 Å². The lowest BCUT2D eigenvalue weighted by atomic mass is 10.1. The van der Waals surface area contributed by atoms with Gasteiger partial charge in [0.05, 0.1) is 19.3 Å². The molecule has 100 valence electrons. The van der Waals surface area contributed by atoms with Gasteiger partial charge < -0.3 is 14.2 Å². The Morgan fingerprint density at radius 3 is 2.83 bits per heavy atom. The molecule has 0 saturated carbocycles. The van der Waals surface area contributed by atoms with Gasteiger partial charge in [-0.25, -0.2) is 0 Å². The zero-order chi connectivity index (χ0) is 12.6. The Labute approximate surface area is 109 Å². The van der Waals surface area contributed by atoms with Gasteiger partial charge in [-0.15, -0.1) is 0 Å². The first kappa shape index (κ1) is 13.5. The monoisotopic (exact) mass is 250 g/mol. The molecule has 0 bridgehead atoms. The molecular formula is C15H22O3. The highest BCUT2D eigenvalue weighted by Gasteiger charge is 2.22. The lowest BCUT2D eigenvalue weighted by Gasteiger charge is -2.29. The molecule has 0 radical (unpaired) electrons. The summed E-state index contributed by atoms with van der Waals surface area (Å²) in [6.07, 6.45) is 3.37. The van der Waals surface area contributed by atoms with Crippen molar-refractivity contribution in [3.63, 3.8) is 0 Å². The van der Waals surface area contributed by atoms with E-state index in [9.17, 15) is 0 Å². The summed E-state index contributed by atoms with van der Waals surface area (Å²) in [4.78, 5) is 0. The molecule has 0 amide bonds. The predicted octanol–water partition coefficient (Wildman–Crippen LogP) is 3.13. The third-order valence-corrected chi connectivity index (χ3v) is 3.08. The average molecular weight is 250 g/mol. The molecule has 2 rings (SSSR count). The Bertz CT molecular complexity index is 324. The summed E-state index contributed by atoms with van der Waals surface area (Å²) >= 11 is 0. The number of benzene rings is 1. The smallest absolute Gasteiger partial charge is 0.158 e. The van der Waals surface area contributed by atoms with Crippen molar-refractivity contribution in [1.82, 2.24) is 0 Å². The number of hydrogen-bond donors (Lipinski definition) is 0. The molecule has 1 aliphatic heterocycles. The van der Waals surface area contributed by atoms with Crippen LogP contribution in [0.3, 0.4) is 0 Å². The van der Waals surface area contributed by atoms with E-state index in [0.717, 1.165) is 19.3 Å². The summed E-state index contributed by atoms with van der Waals surface area (Å²) in [6.45, 7) is 4.01. The second-order valence-corrected chi connectivity index (χ2v) is 4.57. The molecule has 2 atom stereocenters. The lowest BCUT2D eigenvalue weighted by molar-refractivity contribution is -0.203. The number of ether oxygens (including phenoxy) is 3. The van der Waals surface area contributed by atoms with Crippen LogP contribution < -0.4 is 0 Å². The average Bonchev–Trinajstić information content (AvgIpc) is 2.41. The molecule has 3 heteroatoms. The van der Waals surface area contributed by atoms with E-state index in [2.05, 4.69) is 12.1 Å². The Morgan fingerprint density at radius 1 is 1.22 bits per heavy atom. The van der Waals surface area contributed by atoms with Crippen LogP contribution >= 0.6 is 0 Å². The van der Waals surface area contributed by atoms with Crippen LogP contribution in [0.5, 0.6) is 0 Å². The molecule has 1 unspecified atom stereocenters. The highest BCUT2D eigenvalue weighted by Crippen LogP contribution is 2.20. The van der Waals surface area contributed by atoms with Crippen LogP contribution in [-0.2, 0) is 20.8 Å². The van der Waals surface area contributed by atoms with Crippen LogP contribution in [0.4, 0.5) is 0 Å². The third kappa shape index (κ3) is 4.41. The first-order valence-corrected chi connectivity index (χ1v) is 6.77. The van der Waals surface area contributed by atoms with Crippen molar-refractivity contribution in [2.24, 2.45) is 0 Å². The highest BCUT2D eigenvalue weighted by atomic mass is 16.7. The minimum atomic E-state index is -0.0333. The van der Waals surface area contributed by atoms with Crippen molar-refractivity contribution >= 4 is 0 Å². The van der Waals surface area contributed by atoms with Gasteiger partial charge in [0.1, 0.15) is 0 Å². The molecule has 0 spiro atoms. The summed E-state index contributed by atoms with van der Waals surface area (Å²) < 4.78 is 17.0. The standard InChI is InChI=1S/C15H22O3/c1-2-17-15-10-6-9-14(18-15)12-16-11-13-7-4-3-5-8-13/h3-5,7-8,14-15H,2,6,9-12H2,1H3/t14-,15?/m0/s1. The minimum Gasteiger partial charge on any atom is -0.374 e. The molecule has 18 heavy (non-hydrogen) atoms. The van der Waals surface area contributed by atoms with E-state index in [0.29, 0.717) is 19.8 Å². The molecular weight excluding hydrogens is 228 g/mol. The van der Waals surface area contributed by atoms with Crippen molar-refractivity contribution in [3.05, 3.63) is 35.9 Å². The van der Waals surface area contributed by atoms with Gasteiger partial charge in [0, 0.05) is 6.61 Å². The fourth-order valence-corrected chi connectivity index (χ4v) is 2.18. The van der Waals surface area contributed by atoms with Gasteiger partial charge in [-0.1, -0.05) is 30.3 Å². The topological polar surface area (TPSA) is 27.7 Å². The number of rotatable bonds is 6. The summed E-state index contributed by atoms with van der Waals surface area (Å²) in [5.41, 5.74) is 1.20. The van der Waals surface area contributed by atoms with E-state index in [1.165, 1.54) is 5.56 Å². The van der Waals surface area contributed by atoms with Gasteiger partial charge in [-0.05, 0) is 31.7 Å². The summed E-state index contributed by atoms with van der Waals surface area (Å²) in [5.74, 6) is 0. The van der Waals surface area contributed by atoms with Crippen LogP contribution in [0.15, 0.2) is 30.3 Å². The van der Waals surface area contributed by atoms with E-state index in [1.54, 1.807) is 0 Å². The molecule has 1 heterocycles. The van der Waals surface area contributed by atoms with Crippen LogP contribution in [0.2, 0.25) is 0 Å². The van der Waals surface area contributed by atoms with Crippen molar-refractivity contribution in [3.8, 4) is 0 Å². The molecule has 1 aliphatic rings. The zero-order valence-electron chi connectivity index (χ0n) is 11.0. The third-order valence-electron chi connectivity index (χ3n) is 3.08. The zero-order valence-corrected chi connectivity index (χ0v) is 11.0. The van der Waals surface area contributed by atoms with Gasteiger partial charge in [0.2, 0.25) is 0 Å². The van der Waals surface area contributed by atoms with Crippen molar-refractivity contribution in [2.45, 2.75) is 45.2 Å². The SMILES string of the molecule is CCOC1CCC[C@@H](COCc2ccccc2)O1. The summed E-state index contributed by atoms with van der Waals surface area (Å²) in [6, 6.07) is 10.2. The molecule has 0 N–H and O–H groups in total. The van der Waals surface area contributed by atoms with Crippen molar-refractivity contribution in [1.29, 1.82) is 0 Å². The fourth-order valence-electron chi connectivity index (χ4n) is 2.18. The number of hydrogen-bond acceptors (Lipinski definition) is 3. The molecule has 0 aliphatic carbocycles. The van der Waals surface area contributed by atoms with E-state index in [4.69, 9.17) is 14.2 Å². The maximum Gasteiger partial charge on any atom is 0.158 e. The molecule has 1 aromatic carbocycles. The van der Waals surface area contributed by atoms with Crippen LogP contribution in [0, 0.1) is 0 Å². The Hall–Kier alpha value is -0.900. The predicted molar refractivity (Wildman–Crippen MR) is 70.2 cm³/mol. The second-order valence-electron chi connectivity index (χ2n) is 4.57. The van der Waals surface area contributed by atoms with Crippen LogP contribution in [-0.4, -0.2) is 25.6 Å². The largest absolute Gasteiger partial charge is 0.374 e. The molecule has 1 saturated heterocycles. The van der Waals surface area contributed by atoms with Crippen molar-refractivity contribution in [2.75, 3.05) is 13.2 Å². The first-order valence-electron chi connectivity index (χ1n) is 6.77. The summed E-state index contributed by atoms with van der Waals surface area (Å²) in [7, 11) is 0. The highest BCUT2D eigenvalue weighted by molar-refractivity contribution is 5.13. The maximum atomic E-state index is 5.82. The molecule has 3 nitrogen and oxygen atoms in total. The van der Waals surface area contributed by atoms with E-state index < -0.39 is 0 Å². The van der Waals surface area contributed by atoms with E-state index >= 15 is 0 Å². The Kier molecular flexibility index (Phi) is 5.65. The maximum absolute atomic E-state index is 5.82. The van der Waals surface area contributed by atoms with Crippen molar-refractivity contribution < 1.29 is 14.2 Å². The van der Waals surface area contributed by atoms with Crippen LogP contribution in [0.25, 0.3) is 0 Å². The summed E-state index contributed by atoms with van der Waals surface area (Å²) in [5, 5.41) is 0. The normalized spacial score (nSPS) is 24.1. The minimum absolute atomic E-state index is 0.0333. The lowest BCUT2D eigenvalue weighted by Crippen LogP contribution is -2.32. The fraction of sp³-hybridized carbons (Fsp3) is 0.600. The van der Waals surface area contributed by atoms with Gasteiger partial charge in [-0.2, -0.15) is 0 Å². The molecule has 1 aromatic rings. The second kappa shape index (κ2) is 7.52. The molecule has 0 aromatic heterocycles. The van der Waals surface area contributed by atoms with Gasteiger partial charge in [-0.3, -0.25) is 0 Å². The van der Waals surface area contributed by atoms with Gasteiger partial charge >= 0.3 is 0 Å². The quantitative estimate of drug-likeness (QED) is 0.776. The van der Waals surface area contributed by atoms with E-state index in [-0.39, 0.29) is 12.4 Å². The first-order chi connectivity index (χ1) is 8.88.